The van der Waals surface area contributed by atoms with E-state index in [1.165, 1.54) is 6.07 Å². The first-order valence-corrected chi connectivity index (χ1v) is 7.04. The topological polar surface area (TPSA) is 29.5 Å². The highest BCUT2D eigenvalue weighted by molar-refractivity contribution is 5.49. The van der Waals surface area contributed by atoms with Crippen LogP contribution in [0.2, 0.25) is 0 Å². The van der Waals surface area contributed by atoms with Crippen molar-refractivity contribution >= 4 is 0 Å². The first kappa shape index (κ1) is 15.5. The molecule has 0 radical (unpaired) electrons. The van der Waals surface area contributed by atoms with E-state index in [0.29, 0.717) is 16.9 Å². The SMILES string of the molecule is Cc1cc(Oc2c(C)ccc(C)c2C)c([C@H](C)O)cc1F. The quantitative estimate of drug-likeness (QED) is 0.870. The van der Waals surface area contributed by atoms with E-state index in [9.17, 15) is 9.50 Å². The van der Waals surface area contributed by atoms with Gasteiger partial charge in [-0.3, -0.25) is 0 Å². The van der Waals surface area contributed by atoms with Gasteiger partial charge < -0.3 is 9.84 Å². The van der Waals surface area contributed by atoms with Crippen LogP contribution in [0.4, 0.5) is 4.39 Å². The van der Waals surface area contributed by atoms with Gasteiger partial charge in [0.05, 0.1) is 6.10 Å². The predicted molar refractivity (Wildman–Crippen MR) is 82.5 cm³/mol. The monoisotopic (exact) mass is 288 g/mol. The third kappa shape index (κ3) is 3.08. The van der Waals surface area contributed by atoms with E-state index in [1.54, 1.807) is 19.9 Å². The number of aryl methyl sites for hydroxylation is 3. The Morgan fingerprint density at radius 2 is 1.62 bits per heavy atom. The highest BCUT2D eigenvalue weighted by Crippen LogP contribution is 2.35. The molecule has 0 bridgehead atoms. The normalized spacial score (nSPS) is 12.3. The Morgan fingerprint density at radius 3 is 2.24 bits per heavy atom. The van der Waals surface area contributed by atoms with Crippen molar-refractivity contribution in [2.45, 2.75) is 40.7 Å². The largest absolute Gasteiger partial charge is 0.456 e. The summed E-state index contributed by atoms with van der Waals surface area (Å²) in [6.45, 7) is 9.28. The van der Waals surface area contributed by atoms with Gasteiger partial charge in [0.15, 0.2) is 0 Å². The Bertz CT molecular complexity index is 675. The summed E-state index contributed by atoms with van der Waals surface area (Å²) in [7, 11) is 0. The summed E-state index contributed by atoms with van der Waals surface area (Å²) >= 11 is 0. The maximum absolute atomic E-state index is 13.7. The lowest BCUT2D eigenvalue weighted by Crippen LogP contribution is -2.01. The number of aliphatic hydroxyl groups excluding tert-OH is 1. The second kappa shape index (κ2) is 5.86. The fourth-order valence-electron chi connectivity index (χ4n) is 2.28. The fourth-order valence-corrected chi connectivity index (χ4v) is 2.28. The van der Waals surface area contributed by atoms with Gasteiger partial charge in [-0.2, -0.15) is 0 Å². The fraction of sp³-hybridized carbons (Fsp3) is 0.333. The van der Waals surface area contributed by atoms with Crippen molar-refractivity contribution in [1.29, 1.82) is 0 Å². The molecule has 0 heterocycles. The van der Waals surface area contributed by atoms with Gasteiger partial charge in [0.1, 0.15) is 17.3 Å². The number of ether oxygens (including phenoxy) is 1. The van der Waals surface area contributed by atoms with Crippen LogP contribution in [0.5, 0.6) is 11.5 Å². The maximum atomic E-state index is 13.7. The number of hydrogen-bond acceptors (Lipinski definition) is 2. The van der Waals surface area contributed by atoms with Gasteiger partial charge >= 0.3 is 0 Å². The second-order valence-corrected chi connectivity index (χ2v) is 5.57. The van der Waals surface area contributed by atoms with Gasteiger partial charge in [-0.1, -0.05) is 12.1 Å². The zero-order valence-electron chi connectivity index (χ0n) is 13.1. The number of halogens is 1. The van der Waals surface area contributed by atoms with Crippen LogP contribution in [0.15, 0.2) is 24.3 Å². The van der Waals surface area contributed by atoms with Gasteiger partial charge in [-0.05, 0) is 69.0 Å². The minimum absolute atomic E-state index is 0.337. The Balaban J connectivity index is 2.54. The van der Waals surface area contributed by atoms with E-state index >= 15 is 0 Å². The van der Waals surface area contributed by atoms with E-state index in [0.717, 1.165) is 22.4 Å². The molecule has 0 fully saturated rings. The molecule has 0 aliphatic carbocycles. The van der Waals surface area contributed by atoms with Gasteiger partial charge in [0, 0.05) is 5.56 Å². The molecule has 2 nitrogen and oxygen atoms in total. The first-order chi connectivity index (χ1) is 9.81. The molecule has 1 N–H and O–H groups in total. The summed E-state index contributed by atoms with van der Waals surface area (Å²) in [6, 6.07) is 7.02. The molecule has 0 aliphatic heterocycles. The summed E-state index contributed by atoms with van der Waals surface area (Å²) in [5.74, 6) is 0.930. The molecular formula is C18H21FO2. The van der Waals surface area contributed by atoms with Crippen LogP contribution in [0.25, 0.3) is 0 Å². The highest BCUT2D eigenvalue weighted by atomic mass is 19.1. The molecule has 0 spiro atoms. The number of rotatable bonds is 3. The van der Waals surface area contributed by atoms with Gasteiger partial charge in [-0.25, -0.2) is 4.39 Å². The van der Waals surface area contributed by atoms with Crippen LogP contribution in [0, 0.1) is 33.5 Å². The van der Waals surface area contributed by atoms with Crippen molar-refractivity contribution < 1.29 is 14.2 Å². The van der Waals surface area contributed by atoms with Crippen LogP contribution in [0.3, 0.4) is 0 Å². The Hall–Kier alpha value is -1.87. The molecule has 2 aromatic rings. The third-order valence-electron chi connectivity index (χ3n) is 3.83. The van der Waals surface area contributed by atoms with E-state index in [2.05, 4.69) is 0 Å². The van der Waals surface area contributed by atoms with Crippen molar-refractivity contribution in [2.75, 3.05) is 0 Å². The summed E-state index contributed by atoms with van der Waals surface area (Å²) in [5, 5.41) is 9.84. The van der Waals surface area contributed by atoms with Crippen LogP contribution in [-0.2, 0) is 0 Å². The van der Waals surface area contributed by atoms with Crippen molar-refractivity contribution in [1.82, 2.24) is 0 Å². The summed E-state index contributed by atoms with van der Waals surface area (Å²) in [5.41, 5.74) is 4.15. The maximum Gasteiger partial charge on any atom is 0.133 e. The predicted octanol–water partition coefficient (Wildman–Crippen LogP) is 4.90. The highest BCUT2D eigenvalue weighted by Gasteiger charge is 2.16. The van der Waals surface area contributed by atoms with Crippen LogP contribution in [-0.4, -0.2) is 5.11 Å². The number of hydrogen-bond donors (Lipinski definition) is 1. The number of benzene rings is 2. The van der Waals surface area contributed by atoms with E-state index in [4.69, 9.17) is 4.74 Å². The number of aliphatic hydroxyl groups is 1. The Morgan fingerprint density at radius 1 is 1.00 bits per heavy atom. The summed E-state index contributed by atoms with van der Waals surface area (Å²) in [6.07, 6.45) is -0.791. The van der Waals surface area contributed by atoms with Crippen molar-refractivity contribution in [2.24, 2.45) is 0 Å². The van der Waals surface area contributed by atoms with E-state index < -0.39 is 6.10 Å². The van der Waals surface area contributed by atoms with Crippen molar-refractivity contribution in [3.05, 3.63) is 57.9 Å². The van der Waals surface area contributed by atoms with E-state index in [1.807, 2.05) is 32.9 Å². The Kier molecular flexibility index (Phi) is 4.33. The molecule has 3 heteroatoms. The zero-order valence-corrected chi connectivity index (χ0v) is 13.1. The molecule has 1 atom stereocenters. The minimum Gasteiger partial charge on any atom is -0.456 e. The lowest BCUT2D eigenvalue weighted by atomic mass is 10.0. The van der Waals surface area contributed by atoms with Gasteiger partial charge in [0.2, 0.25) is 0 Å². The lowest BCUT2D eigenvalue weighted by Gasteiger charge is -2.18. The lowest BCUT2D eigenvalue weighted by molar-refractivity contribution is 0.195. The molecule has 0 aliphatic rings. The van der Waals surface area contributed by atoms with Gasteiger partial charge in [0.25, 0.3) is 0 Å². The Labute approximate surface area is 125 Å². The second-order valence-electron chi connectivity index (χ2n) is 5.57. The molecule has 112 valence electrons. The zero-order chi connectivity index (χ0) is 15.7. The minimum atomic E-state index is -0.791. The molecule has 0 aromatic heterocycles. The molecule has 2 rings (SSSR count). The standard InChI is InChI=1S/C18H21FO2/c1-10-6-7-11(2)18(13(10)4)21-17-8-12(3)16(19)9-15(17)14(5)20/h6-9,14,20H,1-5H3/t14-/m0/s1. The molecule has 0 unspecified atom stereocenters. The smallest absolute Gasteiger partial charge is 0.133 e. The molecular weight excluding hydrogens is 267 g/mol. The van der Waals surface area contributed by atoms with Crippen LogP contribution >= 0.6 is 0 Å². The third-order valence-corrected chi connectivity index (χ3v) is 3.83. The van der Waals surface area contributed by atoms with Crippen LogP contribution < -0.4 is 4.74 Å². The van der Waals surface area contributed by atoms with Crippen molar-refractivity contribution in [3.63, 3.8) is 0 Å². The summed E-state index contributed by atoms with van der Waals surface area (Å²) in [4.78, 5) is 0. The van der Waals surface area contributed by atoms with Gasteiger partial charge in [-0.15, -0.1) is 0 Å². The molecule has 0 saturated carbocycles. The molecule has 0 amide bonds. The van der Waals surface area contributed by atoms with E-state index in [-0.39, 0.29) is 5.82 Å². The molecule has 2 aromatic carbocycles. The first-order valence-electron chi connectivity index (χ1n) is 7.04. The molecule has 21 heavy (non-hydrogen) atoms. The summed E-state index contributed by atoms with van der Waals surface area (Å²) < 4.78 is 19.7. The molecule has 0 saturated heterocycles. The average Bonchev–Trinajstić information content (AvgIpc) is 2.42. The average molecular weight is 288 g/mol. The van der Waals surface area contributed by atoms with Crippen molar-refractivity contribution in [3.8, 4) is 11.5 Å². The van der Waals surface area contributed by atoms with Crippen LogP contribution in [0.1, 0.15) is 40.8 Å².